The molecule has 0 heterocycles. The molecule has 0 aromatic carbocycles. The number of rotatable bonds is 4. The summed E-state index contributed by atoms with van der Waals surface area (Å²) in [5.41, 5.74) is 4.81. The van der Waals surface area contributed by atoms with Gasteiger partial charge in [0, 0.05) is 17.7 Å². The minimum Gasteiger partial charge on any atom is -0.257 e. The molecule has 6 heteroatoms. The van der Waals surface area contributed by atoms with Crippen LogP contribution in [0.2, 0.25) is 0 Å². The van der Waals surface area contributed by atoms with Gasteiger partial charge in [0.1, 0.15) is 0 Å². The van der Waals surface area contributed by atoms with Gasteiger partial charge in [0.15, 0.2) is 0 Å². The van der Waals surface area contributed by atoms with Crippen LogP contribution in [0.1, 0.15) is 41.5 Å². The van der Waals surface area contributed by atoms with Crippen molar-refractivity contribution < 1.29 is 13.8 Å². The van der Waals surface area contributed by atoms with E-state index in [1.54, 1.807) is 0 Å². The van der Waals surface area contributed by atoms with Gasteiger partial charge in [-0.05, 0) is 41.5 Å². The first-order valence-electron chi connectivity index (χ1n) is 4.90. The highest BCUT2D eigenvalue weighted by Crippen LogP contribution is 2.42. The summed E-state index contributed by atoms with van der Waals surface area (Å²) in [4.78, 5) is 0. The smallest absolute Gasteiger partial charge is 0.257 e. The SMILES string of the molecule is CC(C)(C)NOP(C)(=O)ONC(C)(C)C. The molecule has 0 aromatic heterocycles. The molecule has 0 fully saturated rings. The van der Waals surface area contributed by atoms with Crippen LogP contribution in [0.4, 0.5) is 0 Å². The number of nitrogens with one attached hydrogen (secondary N) is 2. The second-order valence-electron chi connectivity index (χ2n) is 5.66. The van der Waals surface area contributed by atoms with Gasteiger partial charge in [0.25, 0.3) is 0 Å². The monoisotopic (exact) mass is 238 g/mol. The van der Waals surface area contributed by atoms with Gasteiger partial charge in [0.2, 0.25) is 0 Å². The van der Waals surface area contributed by atoms with E-state index in [0.717, 1.165) is 0 Å². The van der Waals surface area contributed by atoms with Gasteiger partial charge in [-0.3, -0.25) is 4.57 Å². The van der Waals surface area contributed by atoms with E-state index in [1.165, 1.54) is 6.66 Å². The molecule has 2 N–H and O–H groups in total. The van der Waals surface area contributed by atoms with Gasteiger partial charge < -0.3 is 0 Å². The number of hydrogen-bond donors (Lipinski definition) is 2. The molecular formula is C9H23N2O3P. The molecule has 0 rings (SSSR count). The van der Waals surface area contributed by atoms with Crippen molar-refractivity contribution in [2.75, 3.05) is 6.66 Å². The summed E-state index contributed by atoms with van der Waals surface area (Å²) in [7, 11) is -3.11. The molecule has 0 aromatic rings. The van der Waals surface area contributed by atoms with Crippen molar-refractivity contribution in [2.24, 2.45) is 0 Å². The van der Waals surface area contributed by atoms with E-state index in [-0.39, 0.29) is 11.1 Å². The first-order valence-corrected chi connectivity index (χ1v) is 6.89. The fourth-order valence-corrected chi connectivity index (χ4v) is 1.37. The summed E-state index contributed by atoms with van der Waals surface area (Å²) in [6, 6.07) is 0. The van der Waals surface area contributed by atoms with Crippen LogP contribution in [-0.4, -0.2) is 17.7 Å². The van der Waals surface area contributed by atoms with Crippen LogP contribution in [0.25, 0.3) is 0 Å². The molecule has 0 aliphatic rings. The summed E-state index contributed by atoms with van der Waals surface area (Å²) < 4.78 is 21.8. The maximum atomic E-state index is 11.7. The predicted molar refractivity (Wildman–Crippen MR) is 61.5 cm³/mol. The maximum absolute atomic E-state index is 11.7. The maximum Gasteiger partial charge on any atom is 0.360 e. The van der Waals surface area contributed by atoms with Gasteiger partial charge >= 0.3 is 7.60 Å². The standard InChI is InChI=1S/C9H23N2O3P/c1-8(2,3)10-13-15(7,12)14-11-9(4,5)6/h10-11H,1-7H3. The lowest BCUT2D eigenvalue weighted by molar-refractivity contribution is 0.0453. The summed E-state index contributed by atoms with van der Waals surface area (Å²) in [5.74, 6) is 0. The Kier molecular flexibility index (Phi) is 4.96. The van der Waals surface area contributed by atoms with Crippen LogP contribution in [0.5, 0.6) is 0 Å². The van der Waals surface area contributed by atoms with Crippen molar-refractivity contribution in [3.63, 3.8) is 0 Å². The third-order valence-electron chi connectivity index (χ3n) is 1.04. The normalized spacial score (nSPS) is 14.3. The molecule has 15 heavy (non-hydrogen) atoms. The van der Waals surface area contributed by atoms with E-state index < -0.39 is 7.60 Å². The van der Waals surface area contributed by atoms with Crippen LogP contribution >= 0.6 is 7.60 Å². The molecule has 0 aliphatic carbocycles. The molecule has 92 valence electrons. The summed E-state index contributed by atoms with van der Waals surface area (Å²) in [6.07, 6.45) is 0. The number of hydroxylamine groups is 2. The van der Waals surface area contributed by atoms with Crippen LogP contribution in [-0.2, 0) is 13.8 Å². The van der Waals surface area contributed by atoms with Crippen molar-refractivity contribution >= 4 is 7.60 Å². The molecular weight excluding hydrogens is 215 g/mol. The second kappa shape index (κ2) is 4.93. The Morgan fingerprint density at radius 1 is 0.867 bits per heavy atom. The molecule has 0 spiro atoms. The third-order valence-corrected chi connectivity index (χ3v) is 1.88. The Bertz CT molecular complexity index is 221. The van der Waals surface area contributed by atoms with Crippen LogP contribution in [0.15, 0.2) is 0 Å². The zero-order valence-corrected chi connectivity index (χ0v) is 11.6. The summed E-state index contributed by atoms with van der Waals surface area (Å²) in [6.45, 7) is 12.8. The summed E-state index contributed by atoms with van der Waals surface area (Å²) >= 11 is 0. The molecule has 0 amide bonds. The van der Waals surface area contributed by atoms with Crippen LogP contribution in [0, 0.1) is 0 Å². The lowest BCUT2D eigenvalue weighted by atomic mass is 10.1. The predicted octanol–water partition coefficient (Wildman–Crippen LogP) is 2.45. The van der Waals surface area contributed by atoms with E-state index in [2.05, 4.69) is 11.0 Å². The van der Waals surface area contributed by atoms with Gasteiger partial charge in [-0.15, -0.1) is 0 Å². The van der Waals surface area contributed by atoms with Gasteiger partial charge in [-0.25, -0.2) is 9.25 Å². The van der Waals surface area contributed by atoms with Crippen molar-refractivity contribution in [3.05, 3.63) is 0 Å². The Morgan fingerprint density at radius 3 is 1.33 bits per heavy atom. The zero-order chi connectivity index (χ0) is 12.3. The lowest BCUT2D eigenvalue weighted by Gasteiger charge is -2.25. The first kappa shape index (κ1) is 15.1. The largest absolute Gasteiger partial charge is 0.360 e. The molecule has 5 nitrogen and oxygen atoms in total. The fraction of sp³-hybridized carbons (Fsp3) is 1.00. The van der Waals surface area contributed by atoms with E-state index in [9.17, 15) is 4.57 Å². The molecule has 0 atom stereocenters. The Hall–Kier alpha value is 0.0700. The third kappa shape index (κ3) is 10.4. The highest BCUT2D eigenvalue weighted by molar-refractivity contribution is 7.52. The van der Waals surface area contributed by atoms with Crippen molar-refractivity contribution in [3.8, 4) is 0 Å². The van der Waals surface area contributed by atoms with E-state index in [1.807, 2.05) is 41.5 Å². The number of hydrogen-bond acceptors (Lipinski definition) is 5. The minimum absolute atomic E-state index is 0.267. The Balaban J connectivity index is 4.04. The van der Waals surface area contributed by atoms with Crippen LogP contribution < -0.4 is 11.0 Å². The highest BCUT2D eigenvalue weighted by atomic mass is 31.2. The summed E-state index contributed by atoms with van der Waals surface area (Å²) in [5, 5.41) is 0. The molecule has 0 saturated carbocycles. The average molecular weight is 238 g/mol. The Labute approximate surface area is 92.4 Å². The minimum atomic E-state index is -3.11. The lowest BCUT2D eigenvalue weighted by Crippen LogP contribution is -2.38. The van der Waals surface area contributed by atoms with E-state index in [0.29, 0.717) is 0 Å². The Morgan fingerprint density at radius 2 is 1.13 bits per heavy atom. The van der Waals surface area contributed by atoms with Crippen molar-refractivity contribution in [1.29, 1.82) is 0 Å². The molecule has 0 saturated heterocycles. The highest BCUT2D eigenvalue weighted by Gasteiger charge is 2.24. The quantitative estimate of drug-likeness (QED) is 0.582. The van der Waals surface area contributed by atoms with E-state index in [4.69, 9.17) is 9.25 Å². The zero-order valence-electron chi connectivity index (χ0n) is 10.7. The first-order chi connectivity index (χ1) is 6.41. The van der Waals surface area contributed by atoms with Crippen LogP contribution in [0.3, 0.4) is 0 Å². The van der Waals surface area contributed by atoms with Gasteiger partial charge in [0.05, 0.1) is 0 Å². The molecule has 0 bridgehead atoms. The van der Waals surface area contributed by atoms with Gasteiger partial charge in [-0.2, -0.15) is 11.0 Å². The van der Waals surface area contributed by atoms with Gasteiger partial charge in [-0.1, -0.05) is 0 Å². The average Bonchev–Trinajstić information content (AvgIpc) is 1.96. The van der Waals surface area contributed by atoms with Crippen molar-refractivity contribution in [1.82, 2.24) is 11.0 Å². The fourth-order valence-electron chi connectivity index (χ4n) is 0.458. The topological polar surface area (TPSA) is 59.6 Å². The molecule has 0 aliphatic heterocycles. The molecule has 0 radical (unpaired) electrons. The second-order valence-corrected chi connectivity index (χ2v) is 7.57. The molecule has 0 unspecified atom stereocenters. The van der Waals surface area contributed by atoms with Crippen molar-refractivity contribution in [2.45, 2.75) is 52.6 Å². The van der Waals surface area contributed by atoms with E-state index >= 15 is 0 Å².